The molecule has 2 fully saturated rings. The minimum atomic E-state index is -0.498. The molecule has 3 aliphatic rings. The largest absolute Gasteiger partial charge is 0.457 e. The number of amides is 2. The highest BCUT2D eigenvalue weighted by Crippen LogP contribution is 2.44. The molecule has 1 N–H and O–H groups in total. The summed E-state index contributed by atoms with van der Waals surface area (Å²) < 4.78 is 7.29. The number of carbonyl (C=O) groups is 2. The van der Waals surface area contributed by atoms with E-state index in [1.165, 1.54) is 51.5 Å². The number of quaternary nitrogens is 1. The van der Waals surface area contributed by atoms with E-state index in [2.05, 4.69) is 12.4 Å². The number of rotatable bonds is 5. The second-order valence-corrected chi connectivity index (χ2v) is 12.3. The molecular formula is C32H44N3O3+. The van der Waals surface area contributed by atoms with Crippen LogP contribution in [0, 0.1) is 5.92 Å². The van der Waals surface area contributed by atoms with Crippen molar-refractivity contribution in [2.24, 2.45) is 5.92 Å². The van der Waals surface area contributed by atoms with Gasteiger partial charge in [0.15, 0.2) is 0 Å². The molecule has 5 rings (SSSR count). The Hall–Kier alpha value is -2.86. The number of fused-ring (bicyclic) bond motifs is 2. The molecule has 2 amide bonds. The normalized spacial score (nSPS) is 25.7. The number of piperidine rings is 1. The number of likely N-dealkylation sites (tertiary alicyclic amines) is 1. The van der Waals surface area contributed by atoms with Crippen LogP contribution >= 0.6 is 0 Å². The second-order valence-electron chi connectivity index (χ2n) is 12.3. The molecule has 6 heteroatoms. The van der Waals surface area contributed by atoms with Crippen molar-refractivity contribution in [1.82, 2.24) is 10.2 Å². The molecule has 2 aromatic carbocycles. The maximum absolute atomic E-state index is 13.9. The lowest BCUT2D eigenvalue weighted by Gasteiger charge is -2.43. The highest BCUT2D eigenvalue weighted by molar-refractivity contribution is 5.96. The Morgan fingerprint density at radius 3 is 2.26 bits per heavy atom. The fourth-order valence-electron chi connectivity index (χ4n) is 6.79. The Morgan fingerprint density at radius 2 is 1.55 bits per heavy atom. The van der Waals surface area contributed by atoms with Crippen LogP contribution in [-0.4, -0.2) is 68.0 Å². The first-order chi connectivity index (χ1) is 18.3. The maximum Gasteiger partial charge on any atom is 0.253 e. The molecule has 1 saturated carbocycles. The maximum atomic E-state index is 13.9. The molecule has 1 unspecified atom stereocenters. The summed E-state index contributed by atoms with van der Waals surface area (Å²) in [4.78, 5) is 28.1. The van der Waals surface area contributed by atoms with E-state index in [1.54, 1.807) is 25.1 Å². The summed E-state index contributed by atoms with van der Waals surface area (Å²) >= 11 is 0. The third kappa shape index (κ3) is 5.90. The van der Waals surface area contributed by atoms with Crippen LogP contribution in [0.5, 0.6) is 11.5 Å². The smallest absolute Gasteiger partial charge is 0.253 e. The average molecular weight is 519 g/mol. The van der Waals surface area contributed by atoms with Crippen molar-refractivity contribution < 1.29 is 18.8 Å². The number of hydrogen-bond donors (Lipinski definition) is 1. The SMILES string of the molecule is CN(C)C(=O)c1ccc2c(c1)C(C(=O)NC1CC[N+](C)(CC3CCCCCCC3)CC1)c1ccccc1O2. The van der Waals surface area contributed by atoms with Crippen molar-refractivity contribution in [3.63, 3.8) is 0 Å². The van der Waals surface area contributed by atoms with Crippen LogP contribution < -0.4 is 10.1 Å². The van der Waals surface area contributed by atoms with Crippen molar-refractivity contribution >= 4 is 11.8 Å². The van der Waals surface area contributed by atoms with Gasteiger partial charge in [0, 0.05) is 55.6 Å². The molecule has 0 spiro atoms. The fraction of sp³-hybridized carbons (Fsp3) is 0.562. The second kappa shape index (κ2) is 11.5. The highest BCUT2D eigenvalue weighted by Gasteiger charge is 2.37. The molecule has 6 nitrogen and oxygen atoms in total. The van der Waals surface area contributed by atoms with E-state index < -0.39 is 5.92 Å². The van der Waals surface area contributed by atoms with E-state index in [9.17, 15) is 9.59 Å². The summed E-state index contributed by atoms with van der Waals surface area (Å²) in [7, 11) is 5.90. The van der Waals surface area contributed by atoms with Gasteiger partial charge in [0.05, 0.1) is 32.6 Å². The first-order valence-corrected chi connectivity index (χ1v) is 14.6. The minimum absolute atomic E-state index is 0.00225. The van der Waals surface area contributed by atoms with Crippen LogP contribution in [0.3, 0.4) is 0 Å². The summed E-state index contributed by atoms with van der Waals surface area (Å²) in [6, 6.07) is 13.4. The lowest BCUT2D eigenvalue weighted by molar-refractivity contribution is -0.917. The quantitative estimate of drug-likeness (QED) is 0.516. The lowest BCUT2D eigenvalue weighted by atomic mass is 9.85. The number of hydrogen-bond acceptors (Lipinski definition) is 3. The number of nitrogens with one attached hydrogen (secondary N) is 1. The zero-order valence-corrected chi connectivity index (χ0v) is 23.4. The standard InChI is InChI=1S/C32H43N3O3/c1-34(2)32(37)24-15-16-29-27(21-24)30(26-13-9-10-14-28(26)38-29)31(36)33-25-17-19-35(3,20-18-25)22-23-11-7-5-4-6-8-12-23/h9-10,13-16,21,23,25,30H,4-8,11-12,17-20,22H2,1-3H3/p+1. The lowest BCUT2D eigenvalue weighted by Crippen LogP contribution is -2.56. The van der Waals surface area contributed by atoms with Gasteiger partial charge in [-0.25, -0.2) is 0 Å². The molecule has 2 aliphatic heterocycles. The van der Waals surface area contributed by atoms with Gasteiger partial charge in [-0.2, -0.15) is 0 Å². The van der Waals surface area contributed by atoms with Crippen molar-refractivity contribution in [2.75, 3.05) is 40.8 Å². The Kier molecular flexibility index (Phi) is 8.08. The van der Waals surface area contributed by atoms with E-state index in [-0.39, 0.29) is 17.9 Å². The van der Waals surface area contributed by atoms with Crippen LogP contribution in [0.15, 0.2) is 42.5 Å². The van der Waals surface area contributed by atoms with Gasteiger partial charge >= 0.3 is 0 Å². The van der Waals surface area contributed by atoms with E-state index in [0.717, 1.165) is 47.5 Å². The zero-order chi connectivity index (χ0) is 26.7. The van der Waals surface area contributed by atoms with Gasteiger partial charge in [-0.1, -0.05) is 50.3 Å². The first-order valence-electron chi connectivity index (χ1n) is 14.6. The van der Waals surface area contributed by atoms with Crippen molar-refractivity contribution in [3.05, 3.63) is 59.2 Å². The number of benzene rings is 2. The minimum Gasteiger partial charge on any atom is -0.457 e. The molecule has 38 heavy (non-hydrogen) atoms. The Morgan fingerprint density at radius 1 is 0.895 bits per heavy atom. The van der Waals surface area contributed by atoms with Crippen molar-refractivity contribution in [2.45, 2.75) is 69.7 Å². The molecule has 1 aliphatic carbocycles. The van der Waals surface area contributed by atoms with Gasteiger partial charge in [-0.3, -0.25) is 9.59 Å². The average Bonchev–Trinajstić information content (AvgIpc) is 2.89. The van der Waals surface area contributed by atoms with Crippen LogP contribution in [0.1, 0.15) is 85.2 Å². The van der Waals surface area contributed by atoms with E-state index in [0.29, 0.717) is 17.1 Å². The summed E-state index contributed by atoms with van der Waals surface area (Å²) in [6.45, 7) is 3.51. The number of nitrogens with zero attached hydrogens (tertiary/aromatic N) is 2. The van der Waals surface area contributed by atoms with Gasteiger partial charge in [0.25, 0.3) is 5.91 Å². The molecular weight excluding hydrogens is 474 g/mol. The van der Waals surface area contributed by atoms with Crippen LogP contribution in [-0.2, 0) is 4.79 Å². The fourth-order valence-corrected chi connectivity index (χ4v) is 6.79. The molecule has 2 aromatic rings. The van der Waals surface area contributed by atoms with Gasteiger partial charge in [0.1, 0.15) is 11.5 Å². The summed E-state index contributed by atoms with van der Waals surface area (Å²) in [5, 5.41) is 3.40. The molecule has 1 saturated heterocycles. The van der Waals surface area contributed by atoms with Crippen LogP contribution in [0.25, 0.3) is 0 Å². The molecule has 204 valence electrons. The molecule has 1 atom stereocenters. The third-order valence-corrected chi connectivity index (χ3v) is 8.99. The molecule has 2 heterocycles. The molecule has 0 aromatic heterocycles. The van der Waals surface area contributed by atoms with Gasteiger partial charge in [-0.05, 0) is 37.1 Å². The Bertz CT molecular complexity index is 1140. The summed E-state index contributed by atoms with van der Waals surface area (Å²) in [5.74, 6) is 1.62. The Balaban J connectivity index is 1.29. The number of para-hydroxylation sites is 1. The van der Waals surface area contributed by atoms with Gasteiger partial charge in [-0.15, -0.1) is 0 Å². The van der Waals surface area contributed by atoms with Gasteiger partial charge in [0.2, 0.25) is 5.91 Å². The topological polar surface area (TPSA) is 58.6 Å². The number of carbonyl (C=O) groups excluding carboxylic acids is 2. The Labute approximate surface area is 227 Å². The molecule has 0 bridgehead atoms. The van der Waals surface area contributed by atoms with Crippen molar-refractivity contribution in [3.8, 4) is 11.5 Å². The molecule has 0 radical (unpaired) electrons. The predicted octanol–water partition coefficient (Wildman–Crippen LogP) is 5.71. The van der Waals surface area contributed by atoms with Gasteiger partial charge < -0.3 is 19.4 Å². The van der Waals surface area contributed by atoms with E-state index in [4.69, 9.17) is 4.74 Å². The van der Waals surface area contributed by atoms with Crippen LogP contribution in [0.4, 0.5) is 0 Å². The predicted molar refractivity (Wildman–Crippen MR) is 151 cm³/mol. The summed E-state index contributed by atoms with van der Waals surface area (Å²) in [5.41, 5.74) is 2.18. The zero-order valence-electron chi connectivity index (χ0n) is 23.4. The highest BCUT2D eigenvalue weighted by atomic mass is 16.5. The number of ether oxygens (including phenoxy) is 1. The first kappa shape index (κ1) is 26.7. The van der Waals surface area contributed by atoms with Crippen LogP contribution in [0.2, 0.25) is 0 Å². The van der Waals surface area contributed by atoms with E-state index in [1.807, 2.05) is 36.4 Å². The third-order valence-electron chi connectivity index (χ3n) is 8.99. The van der Waals surface area contributed by atoms with E-state index >= 15 is 0 Å². The monoisotopic (exact) mass is 518 g/mol. The summed E-state index contributed by atoms with van der Waals surface area (Å²) in [6.07, 6.45) is 11.8. The van der Waals surface area contributed by atoms with Crippen molar-refractivity contribution in [1.29, 1.82) is 0 Å².